The van der Waals surface area contributed by atoms with E-state index in [1.54, 1.807) is 17.8 Å². The third-order valence-corrected chi connectivity index (χ3v) is 4.93. The first kappa shape index (κ1) is 21.3. The summed E-state index contributed by atoms with van der Waals surface area (Å²) in [6.45, 7) is 4.64. The van der Waals surface area contributed by atoms with Crippen molar-refractivity contribution in [2.45, 2.75) is 20.4 Å². The Morgan fingerprint density at radius 2 is 1.93 bits per heavy atom. The minimum atomic E-state index is -0.562. The van der Waals surface area contributed by atoms with Crippen LogP contribution in [0.1, 0.15) is 27.2 Å². The summed E-state index contributed by atoms with van der Waals surface area (Å²) in [5.74, 6) is -0.934. The largest absolute Gasteiger partial charge is 0.464 e. The molecule has 0 bridgehead atoms. The molecule has 2 aromatic heterocycles. The average Bonchev–Trinajstić information content (AvgIpc) is 2.98. The second kappa shape index (κ2) is 8.96. The zero-order valence-electron chi connectivity index (χ0n) is 17.8. The molecule has 1 amide bonds. The molecule has 2 heterocycles. The molecule has 8 nitrogen and oxygen atoms in total. The van der Waals surface area contributed by atoms with Gasteiger partial charge in [0.25, 0.3) is 0 Å². The number of benzene rings is 1. The lowest BCUT2D eigenvalue weighted by molar-refractivity contribution is -0.119. The van der Waals surface area contributed by atoms with E-state index in [4.69, 9.17) is 9.47 Å². The second-order valence-electron chi connectivity index (χ2n) is 7.13. The number of pyridine rings is 1. The Bertz CT molecular complexity index is 1100. The minimum absolute atomic E-state index is 0.130. The van der Waals surface area contributed by atoms with Crippen LogP contribution in [0.2, 0.25) is 0 Å². The molecule has 0 unspecified atom stereocenters. The number of anilines is 2. The summed E-state index contributed by atoms with van der Waals surface area (Å²) in [6.07, 6.45) is 1.70. The van der Waals surface area contributed by atoms with Crippen molar-refractivity contribution in [1.82, 2.24) is 9.55 Å². The Hall–Kier alpha value is -3.39. The fraction of sp³-hybridized carbons (Fsp3) is 0.318. The molecule has 30 heavy (non-hydrogen) atoms. The molecular weight excluding hydrogens is 384 g/mol. The SMILES string of the molecule is COCC(=O)Nc1c(C(=O)OC)n(C)c2ncc(NCc3ccc(C)cc3C)cc12. The molecule has 8 heteroatoms. The summed E-state index contributed by atoms with van der Waals surface area (Å²) in [5, 5.41) is 6.75. The van der Waals surface area contributed by atoms with Gasteiger partial charge >= 0.3 is 5.97 Å². The lowest BCUT2D eigenvalue weighted by Crippen LogP contribution is -2.19. The van der Waals surface area contributed by atoms with E-state index in [1.807, 2.05) is 6.07 Å². The number of fused-ring (bicyclic) bond motifs is 1. The maximum absolute atomic E-state index is 12.4. The maximum Gasteiger partial charge on any atom is 0.356 e. The van der Waals surface area contributed by atoms with Gasteiger partial charge in [-0.2, -0.15) is 0 Å². The van der Waals surface area contributed by atoms with Crippen molar-refractivity contribution in [3.8, 4) is 0 Å². The Morgan fingerprint density at radius 3 is 2.60 bits per heavy atom. The minimum Gasteiger partial charge on any atom is -0.464 e. The Labute approximate surface area is 175 Å². The van der Waals surface area contributed by atoms with E-state index in [-0.39, 0.29) is 18.2 Å². The van der Waals surface area contributed by atoms with Crippen molar-refractivity contribution in [2.75, 3.05) is 31.5 Å². The second-order valence-corrected chi connectivity index (χ2v) is 7.13. The Morgan fingerprint density at radius 1 is 1.17 bits per heavy atom. The highest BCUT2D eigenvalue weighted by atomic mass is 16.5. The zero-order valence-corrected chi connectivity index (χ0v) is 17.8. The standard InChI is InChI=1S/C22H26N4O4/c1-13-6-7-15(14(2)8-13)10-23-16-9-17-19(25-18(27)12-29-4)20(22(28)30-5)26(3)21(17)24-11-16/h6-9,11,23H,10,12H2,1-5H3,(H,25,27). The fourth-order valence-electron chi connectivity index (χ4n) is 3.42. The molecule has 0 saturated carbocycles. The van der Waals surface area contributed by atoms with Gasteiger partial charge in [-0.05, 0) is 31.0 Å². The number of esters is 1. The predicted octanol–water partition coefficient (Wildman–Crippen LogP) is 3.17. The molecular formula is C22H26N4O4. The highest BCUT2D eigenvalue weighted by molar-refractivity contribution is 6.11. The lowest BCUT2D eigenvalue weighted by Gasteiger charge is -2.10. The molecule has 3 rings (SSSR count). The van der Waals surface area contributed by atoms with Crippen molar-refractivity contribution in [2.24, 2.45) is 7.05 Å². The number of nitrogens with one attached hydrogen (secondary N) is 2. The summed E-state index contributed by atoms with van der Waals surface area (Å²) in [4.78, 5) is 29.0. The van der Waals surface area contributed by atoms with Crippen molar-refractivity contribution in [3.63, 3.8) is 0 Å². The van der Waals surface area contributed by atoms with Crippen LogP contribution in [-0.4, -0.2) is 42.3 Å². The monoisotopic (exact) mass is 410 g/mol. The predicted molar refractivity (Wildman–Crippen MR) is 116 cm³/mol. The number of hydrogen-bond acceptors (Lipinski definition) is 6. The molecule has 2 N–H and O–H groups in total. The van der Waals surface area contributed by atoms with E-state index >= 15 is 0 Å². The molecule has 3 aromatic rings. The van der Waals surface area contributed by atoms with Crippen LogP contribution in [0, 0.1) is 13.8 Å². The van der Waals surface area contributed by atoms with Gasteiger partial charge in [0.1, 0.15) is 12.3 Å². The van der Waals surface area contributed by atoms with E-state index in [1.165, 1.54) is 30.9 Å². The lowest BCUT2D eigenvalue weighted by atomic mass is 10.1. The molecule has 0 fully saturated rings. The van der Waals surface area contributed by atoms with E-state index in [0.29, 0.717) is 23.3 Å². The molecule has 158 valence electrons. The number of hydrogen-bond donors (Lipinski definition) is 2. The molecule has 0 aliphatic carbocycles. The third kappa shape index (κ3) is 4.28. The molecule has 0 saturated heterocycles. The van der Waals surface area contributed by atoms with E-state index in [9.17, 15) is 9.59 Å². The number of ether oxygens (including phenoxy) is 2. The maximum atomic E-state index is 12.4. The van der Waals surface area contributed by atoms with Crippen LogP contribution < -0.4 is 10.6 Å². The molecule has 0 spiro atoms. The summed E-state index contributed by atoms with van der Waals surface area (Å²) in [6, 6.07) is 8.18. The van der Waals surface area contributed by atoms with Crippen LogP contribution in [0.3, 0.4) is 0 Å². The van der Waals surface area contributed by atoms with Crippen molar-refractivity contribution < 1.29 is 19.1 Å². The van der Waals surface area contributed by atoms with Gasteiger partial charge in [0, 0.05) is 26.1 Å². The topological polar surface area (TPSA) is 94.5 Å². The molecule has 0 aliphatic rings. The Kier molecular flexibility index (Phi) is 6.37. The highest BCUT2D eigenvalue weighted by Gasteiger charge is 2.24. The number of aryl methyl sites for hydroxylation is 3. The highest BCUT2D eigenvalue weighted by Crippen LogP contribution is 2.32. The number of nitrogens with zero attached hydrogens (tertiary/aromatic N) is 2. The fourth-order valence-corrected chi connectivity index (χ4v) is 3.42. The van der Waals surface area contributed by atoms with Crippen LogP contribution >= 0.6 is 0 Å². The number of rotatable bonds is 7. The molecule has 0 atom stereocenters. The summed E-state index contributed by atoms with van der Waals surface area (Å²) < 4.78 is 11.4. The van der Waals surface area contributed by atoms with Gasteiger partial charge in [-0.1, -0.05) is 23.8 Å². The molecule has 0 aliphatic heterocycles. The third-order valence-electron chi connectivity index (χ3n) is 4.93. The molecule has 1 aromatic carbocycles. The summed E-state index contributed by atoms with van der Waals surface area (Å²) >= 11 is 0. The first-order chi connectivity index (χ1) is 14.3. The van der Waals surface area contributed by atoms with Gasteiger partial charge in [-0.15, -0.1) is 0 Å². The number of carbonyl (C=O) groups excluding carboxylic acids is 2. The van der Waals surface area contributed by atoms with Gasteiger partial charge in [0.05, 0.1) is 24.7 Å². The van der Waals surface area contributed by atoms with E-state index in [2.05, 4.69) is 47.7 Å². The number of carbonyl (C=O) groups is 2. The van der Waals surface area contributed by atoms with Crippen LogP contribution in [-0.2, 0) is 27.9 Å². The van der Waals surface area contributed by atoms with E-state index < -0.39 is 5.97 Å². The van der Waals surface area contributed by atoms with E-state index in [0.717, 1.165) is 5.69 Å². The zero-order chi connectivity index (χ0) is 21.8. The van der Waals surface area contributed by atoms with Gasteiger partial charge in [-0.3, -0.25) is 4.79 Å². The first-order valence-electron chi connectivity index (χ1n) is 9.51. The number of methoxy groups -OCH3 is 2. The van der Waals surface area contributed by atoms with Gasteiger partial charge in [0.15, 0.2) is 5.69 Å². The van der Waals surface area contributed by atoms with Gasteiger partial charge < -0.3 is 24.7 Å². The van der Waals surface area contributed by atoms with Crippen molar-refractivity contribution in [1.29, 1.82) is 0 Å². The van der Waals surface area contributed by atoms with Gasteiger partial charge in [-0.25, -0.2) is 9.78 Å². The Balaban J connectivity index is 1.98. The van der Waals surface area contributed by atoms with Crippen LogP contribution in [0.4, 0.5) is 11.4 Å². The van der Waals surface area contributed by atoms with Crippen LogP contribution in [0.25, 0.3) is 11.0 Å². The molecule has 0 radical (unpaired) electrons. The normalized spacial score (nSPS) is 10.8. The summed E-state index contributed by atoms with van der Waals surface area (Å²) in [5.41, 5.74) is 5.50. The number of amides is 1. The quantitative estimate of drug-likeness (QED) is 0.581. The van der Waals surface area contributed by atoms with Crippen molar-refractivity contribution in [3.05, 3.63) is 52.8 Å². The summed E-state index contributed by atoms with van der Waals surface area (Å²) in [7, 11) is 4.43. The average molecular weight is 410 g/mol. The van der Waals surface area contributed by atoms with Gasteiger partial charge in [0.2, 0.25) is 5.91 Å². The smallest absolute Gasteiger partial charge is 0.356 e. The number of aromatic nitrogens is 2. The van der Waals surface area contributed by atoms with Crippen molar-refractivity contribution >= 4 is 34.3 Å². The first-order valence-corrected chi connectivity index (χ1v) is 9.51. The van der Waals surface area contributed by atoms with Crippen LogP contribution in [0.15, 0.2) is 30.5 Å². The van der Waals surface area contributed by atoms with Crippen LogP contribution in [0.5, 0.6) is 0 Å².